The highest BCUT2D eigenvalue weighted by molar-refractivity contribution is 5.76. The van der Waals surface area contributed by atoms with E-state index < -0.39 is 24.0 Å². The Kier molecular flexibility index (Phi) is 35.7. The van der Waals surface area contributed by atoms with Gasteiger partial charge in [-0.25, -0.2) is 0 Å². The smallest absolute Gasteiger partial charge is 0.306 e. The minimum Gasteiger partial charge on any atom is -0.481 e. The Morgan fingerprint density at radius 2 is 0.824 bits per heavy atom. The maximum absolute atomic E-state index is 12.5. The highest BCUT2D eigenvalue weighted by Gasteiger charge is 2.20. The Labute approximate surface area is 310 Å². The number of ether oxygens (including phenoxy) is 3. The average molecular weight is 717 g/mol. The van der Waals surface area contributed by atoms with Gasteiger partial charge in [-0.15, -0.1) is 0 Å². The van der Waals surface area contributed by atoms with Gasteiger partial charge in [0.25, 0.3) is 0 Å². The fourth-order valence-electron chi connectivity index (χ4n) is 5.25. The molecule has 0 radical (unpaired) electrons. The van der Waals surface area contributed by atoms with E-state index >= 15 is 0 Å². The molecule has 0 saturated heterocycles. The third-order valence-electron chi connectivity index (χ3n) is 8.36. The average Bonchev–Trinajstić information content (AvgIpc) is 3.11. The van der Waals surface area contributed by atoms with E-state index in [4.69, 9.17) is 19.3 Å². The summed E-state index contributed by atoms with van der Waals surface area (Å²) >= 11 is 0. The van der Waals surface area contributed by atoms with Gasteiger partial charge in [-0.2, -0.15) is 0 Å². The summed E-state index contributed by atoms with van der Waals surface area (Å²) in [4.78, 5) is 47.5. The van der Waals surface area contributed by atoms with Crippen LogP contribution in [0.2, 0.25) is 0 Å². The van der Waals surface area contributed by atoms with Gasteiger partial charge in [-0.3, -0.25) is 19.2 Å². The third kappa shape index (κ3) is 37.9. The summed E-state index contributed by atoms with van der Waals surface area (Å²) in [5.74, 6) is -2.62. The lowest BCUT2D eigenvalue weighted by atomic mass is 10.1. The Balaban J connectivity index is 4.22. The van der Waals surface area contributed by atoms with Crippen LogP contribution in [-0.4, -0.2) is 48.3 Å². The molecule has 1 N–H and O–H groups in total. The zero-order valence-corrected chi connectivity index (χ0v) is 32.3. The molecule has 0 amide bonds. The van der Waals surface area contributed by atoms with E-state index in [0.717, 1.165) is 83.5 Å². The van der Waals surface area contributed by atoms with Gasteiger partial charge < -0.3 is 19.3 Å². The van der Waals surface area contributed by atoms with Crippen molar-refractivity contribution in [3.8, 4) is 0 Å². The first-order chi connectivity index (χ1) is 24.9. The number of carbonyl (C=O) groups is 4. The third-order valence-corrected chi connectivity index (χ3v) is 8.36. The van der Waals surface area contributed by atoms with Crippen molar-refractivity contribution >= 4 is 23.9 Å². The fourth-order valence-corrected chi connectivity index (χ4v) is 5.25. The maximum Gasteiger partial charge on any atom is 0.306 e. The Bertz CT molecular complexity index is 980. The number of carboxylic acids is 1. The highest BCUT2D eigenvalue weighted by atomic mass is 16.6. The predicted octanol–water partition coefficient (Wildman–Crippen LogP) is 11.5. The second kappa shape index (κ2) is 38.1. The number of aliphatic carboxylic acids is 1. The second-order valence-electron chi connectivity index (χ2n) is 13.3. The molecule has 8 heteroatoms. The van der Waals surface area contributed by atoms with Crippen LogP contribution in [0.1, 0.15) is 181 Å². The van der Waals surface area contributed by atoms with Crippen molar-refractivity contribution < 1.29 is 38.5 Å². The first kappa shape index (κ1) is 47.8. The molecule has 292 valence electrons. The van der Waals surface area contributed by atoms with E-state index in [-0.39, 0.29) is 44.9 Å². The molecule has 0 aliphatic heterocycles. The van der Waals surface area contributed by atoms with Crippen LogP contribution in [0, 0.1) is 0 Å². The molecule has 0 rings (SSSR count). The summed E-state index contributed by atoms with van der Waals surface area (Å²) < 4.78 is 16.0. The van der Waals surface area contributed by atoms with Crippen molar-refractivity contribution in [2.45, 2.75) is 187 Å². The summed E-state index contributed by atoms with van der Waals surface area (Å²) in [7, 11) is 0. The molecule has 0 saturated carbocycles. The van der Waals surface area contributed by atoms with Crippen LogP contribution < -0.4 is 0 Å². The van der Waals surface area contributed by atoms with E-state index in [9.17, 15) is 19.2 Å². The molecular weight excluding hydrogens is 644 g/mol. The summed E-state index contributed by atoms with van der Waals surface area (Å²) in [5, 5.41) is 8.80. The largest absolute Gasteiger partial charge is 0.481 e. The molecule has 0 aromatic rings. The molecule has 0 heterocycles. The SMILES string of the molecule is CCCCC/C=C\C/C=C\CCCCCCCC(=O)OCC(COC(=O)CCC(=O)O)OC(=O)CCCCCCC/C=C\C/C=C\CCCCC. The minimum atomic E-state index is -1.10. The number of hydrogen-bond acceptors (Lipinski definition) is 7. The summed E-state index contributed by atoms with van der Waals surface area (Å²) in [6, 6.07) is 0. The molecule has 0 aromatic heterocycles. The molecule has 0 aromatic carbocycles. The van der Waals surface area contributed by atoms with Gasteiger partial charge in [0.2, 0.25) is 0 Å². The van der Waals surface area contributed by atoms with E-state index in [1.54, 1.807) is 0 Å². The number of hydrogen-bond donors (Lipinski definition) is 1. The predicted molar refractivity (Wildman–Crippen MR) is 207 cm³/mol. The van der Waals surface area contributed by atoms with E-state index in [1.165, 1.54) is 51.4 Å². The van der Waals surface area contributed by atoms with Crippen molar-refractivity contribution in [3.63, 3.8) is 0 Å². The van der Waals surface area contributed by atoms with Gasteiger partial charge in [-0.1, -0.05) is 127 Å². The zero-order valence-electron chi connectivity index (χ0n) is 32.3. The van der Waals surface area contributed by atoms with Crippen LogP contribution in [0.5, 0.6) is 0 Å². The zero-order chi connectivity index (χ0) is 37.5. The van der Waals surface area contributed by atoms with Crippen LogP contribution in [0.4, 0.5) is 0 Å². The first-order valence-electron chi connectivity index (χ1n) is 20.2. The van der Waals surface area contributed by atoms with E-state index in [1.807, 2.05) is 0 Å². The van der Waals surface area contributed by atoms with E-state index in [2.05, 4.69) is 62.5 Å². The molecule has 1 atom stereocenters. The number of esters is 3. The quantitative estimate of drug-likeness (QED) is 0.0295. The van der Waals surface area contributed by atoms with Crippen LogP contribution >= 0.6 is 0 Å². The molecule has 0 spiro atoms. The molecular formula is C43H72O8. The second-order valence-corrected chi connectivity index (χ2v) is 13.3. The lowest BCUT2D eigenvalue weighted by Gasteiger charge is -2.18. The summed E-state index contributed by atoms with van der Waals surface area (Å²) in [5.41, 5.74) is 0. The Hall–Kier alpha value is -3.16. The number of unbranched alkanes of at least 4 members (excludes halogenated alkanes) is 16. The van der Waals surface area contributed by atoms with Crippen molar-refractivity contribution in [2.75, 3.05) is 13.2 Å². The maximum atomic E-state index is 12.5. The summed E-state index contributed by atoms with van der Waals surface area (Å²) in [6.45, 7) is 3.94. The lowest BCUT2D eigenvalue weighted by molar-refractivity contribution is -0.167. The first-order valence-corrected chi connectivity index (χ1v) is 20.2. The van der Waals surface area contributed by atoms with Gasteiger partial charge in [-0.05, 0) is 77.0 Å². The van der Waals surface area contributed by atoms with Gasteiger partial charge in [0.1, 0.15) is 13.2 Å². The van der Waals surface area contributed by atoms with Gasteiger partial charge >= 0.3 is 23.9 Å². The molecule has 51 heavy (non-hydrogen) atoms. The van der Waals surface area contributed by atoms with Gasteiger partial charge in [0, 0.05) is 12.8 Å². The lowest BCUT2D eigenvalue weighted by Crippen LogP contribution is -2.31. The number of allylic oxidation sites excluding steroid dienone is 8. The van der Waals surface area contributed by atoms with Crippen molar-refractivity contribution in [2.24, 2.45) is 0 Å². The van der Waals surface area contributed by atoms with E-state index in [0.29, 0.717) is 6.42 Å². The fraction of sp³-hybridized carbons (Fsp3) is 0.721. The number of carboxylic acid groups (broad SMARTS) is 1. The van der Waals surface area contributed by atoms with Crippen LogP contribution in [0.3, 0.4) is 0 Å². The van der Waals surface area contributed by atoms with Gasteiger partial charge in [0.05, 0.1) is 12.8 Å². The summed E-state index contributed by atoms with van der Waals surface area (Å²) in [6.07, 6.45) is 40.9. The monoisotopic (exact) mass is 717 g/mol. The van der Waals surface area contributed by atoms with Gasteiger partial charge in [0.15, 0.2) is 6.10 Å². The number of carbonyl (C=O) groups excluding carboxylic acids is 3. The van der Waals surface area contributed by atoms with Crippen molar-refractivity contribution in [3.05, 3.63) is 48.6 Å². The van der Waals surface area contributed by atoms with Crippen LogP contribution in [-0.2, 0) is 33.4 Å². The molecule has 0 aliphatic rings. The molecule has 0 aliphatic carbocycles. The minimum absolute atomic E-state index is 0.209. The topological polar surface area (TPSA) is 116 Å². The Morgan fingerprint density at radius 3 is 1.25 bits per heavy atom. The van der Waals surface area contributed by atoms with Crippen LogP contribution in [0.15, 0.2) is 48.6 Å². The normalized spacial score (nSPS) is 12.4. The molecule has 0 bridgehead atoms. The molecule has 0 fully saturated rings. The molecule has 8 nitrogen and oxygen atoms in total. The van der Waals surface area contributed by atoms with Crippen LogP contribution in [0.25, 0.3) is 0 Å². The van der Waals surface area contributed by atoms with Crippen molar-refractivity contribution in [1.82, 2.24) is 0 Å². The van der Waals surface area contributed by atoms with Crippen molar-refractivity contribution in [1.29, 1.82) is 0 Å². The standard InChI is InChI=1S/C43H72O8/c1-3-5-7-9-11-13-15-17-19-21-23-25-27-29-31-33-41(46)49-37-39(38-50-42(47)36-35-40(44)45)51-43(48)34-32-30-28-26-24-22-20-18-16-14-12-10-8-6-4-2/h11-14,17-20,39H,3-10,15-16,21-38H2,1-2H3,(H,44,45)/b13-11-,14-12-,19-17-,20-18-. The molecule has 1 unspecified atom stereocenters. The highest BCUT2D eigenvalue weighted by Crippen LogP contribution is 2.12. The Morgan fingerprint density at radius 1 is 0.451 bits per heavy atom. The number of rotatable bonds is 36.